The lowest BCUT2D eigenvalue weighted by Gasteiger charge is -2.26. The lowest BCUT2D eigenvalue weighted by Crippen LogP contribution is -2.44. The molecule has 9 nitrogen and oxygen atoms in total. The lowest BCUT2D eigenvalue weighted by atomic mass is 10.0. The molecule has 0 saturated heterocycles. The van der Waals surface area contributed by atoms with Gasteiger partial charge in [-0.3, -0.25) is 9.59 Å². The number of hydrogen-bond acceptors (Lipinski definition) is 8. The second-order valence-corrected chi connectivity index (χ2v) is 28.7. The summed E-state index contributed by atoms with van der Waals surface area (Å²) in [7, 11) is 5.95. The summed E-state index contributed by atoms with van der Waals surface area (Å²) in [6, 6.07) is 0. The molecule has 2 unspecified atom stereocenters. The number of quaternary nitrogens is 1. The quantitative estimate of drug-likeness (QED) is 0.0195. The number of carbonyl (C=O) groups is 3. The molecule has 0 aromatic rings. The number of carboxylic acid groups (broad SMARTS) is 1. The van der Waals surface area contributed by atoms with E-state index in [-0.39, 0.29) is 32.2 Å². The van der Waals surface area contributed by atoms with Crippen LogP contribution < -0.4 is 5.11 Å². The van der Waals surface area contributed by atoms with E-state index in [1.807, 2.05) is 21.1 Å². The van der Waals surface area contributed by atoms with Gasteiger partial charge in [0, 0.05) is 12.8 Å². The van der Waals surface area contributed by atoms with E-state index in [1.165, 1.54) is 360 Å². The Bertz CT molecular complexity index is 1460. The predicted octanol–water partition coefficient (Wildman–Crippen LogP) is 23.8. The van der Waals surface area contributed by atoms with Crippen molar-refractivity contribution in [3.8, 4) is 0 Å². The van der Waals surface area contributed by atoms with Crippen molar-refractivity contribution in [2.45, 2.75) is 437 Å². The largest absolute Gasteiger partial charge is 0.545 e. The first kappa shape index (κ1) is 87.0. The number of aliphatic carboxylic acids is 1. The molecular weight excluding hydrogens is 1100 g/mol. The van der Waals surface area contributed by atoms with Crippen LogP contribution in [-0.2, 0) is 33.3 Å². The Kier molecular flexibility index (Phi) is 70.3. The maximum absolute atomic E-state index is 12.9. The predicted molar refractivity (Wildman–Crippen MR) is 380 cm³/mol. The van der Waals surface area contributed by atoms with Crippen molar-refractivity contribution in [1.29, 1.82) is 0 Å². The van der Waals surface area contributed by atoms with E-state index in [1.54, 1.807) is 0 Å². The number of carbonyl (C=O) groups excluding carboxylic acids is 3. The maximum Gasteiger partial charge on any atom is 0.306 e. The molecule has 0 rings (SSSR count). The fourth-order valence-electron chi connectivity index (χ4n) is 12.4. The van der Waals surface area contributed by atoms with Gasteiger partial charge in [0.05, 0.1) is 40.3 Å². The van der Waals surface area contributed by atoms with Crippen LogP contribution in [0.3, 0.4) is 0 Å². The number of carboxylic acids is 1. The third-order valence-electron chi connectivity index (χ3n) is 18.5. The molecule has 0 fully saturated rings. The van der Waals surface area contributed by atoms with Gasteiger partial charge in [-0.25, -0.2) is 0 Å². The molecule has 89 heavy (non-hydrogen) atoms. The summed E-state index contributed by atoms with van der Waals surface area (Å²) >= 11 is 0. The molecule has 0 aromatic carbocycles. The molecule has 0 amide bonds. The van der Waals surface area contributed by atoms with E-state index in [2.05, 4.69) is 26.0 Å². The highest BCUT2D eigenvalue weighted by atomic mass is 16.7. The van der Waals surface area contributed by atoms with Crippen LogP contribution in [0.25, 0.3) is 0 Å². The summed E-state index contributed by atoms with van der Waals surface area (Å²) in [5, 5.41) is 11.8. The Balaban J connectivity index is 3.89. The van der Waals surface area contributed by atoms with Gasteiger partial charge in [0.25, 0.3) is 0 Å². The fourth-order valence-corrected chi connectivity index (χ4v) is 12.4. The van der Waals surface area contributed by atoms with E-state index in [9.17, 15) is 19.5 Å². The minimum Gasteiger partial charge on any atom is -0.545 e. The van der Waals surface area contributed by atoms with Crippen LogP contribution >= 0.6 is 0 Å². The SMILES string of the molecule is CCCCCCCCCC/C=C\CCCCCCCCCCCCCC(=O)OC(COC(=O)CCCCCCCCCCCCCCCCCCCCCCCCCCCCCCCCCCCCCCCCCCC)COC(OCC[N+](C)(C)C)C(=O)[O-]. The van der Waals surface area contributed by atoms with Crippen LogP contribution in [-0.4, -0.2) is 82.3 Å². The monoisotopic (exact) mass is 1260 g/mol. The van der Waals surface area contributed by atoms with Gasteiger partial charge in [0.1, 0.15) is 13.2 Å². The zero-order valence-corrected chi connectivity index (χ0v) is 60.6. The number of hydrogen-bond donors (Lipinski definition) is 0. The number of allylic oxidation sites excluding steroid dienone is 2. The van der Waals surface area contributed by atoms with Crippen molar-refractivity contribution in [2.75, 3.05) is 47.5 Å². The summed E-state index contributed by atoms with van der Waals surface area (Å²) in [5.74, 6) is -2.25. The molecule has 0 aliphatic rings. The Morgan fingerprint density at radius 1 is 0.326 bits per heavy atom. The zero-order valence-electron chi connectivity index (χ0n) is 60.6. The van der Waals surface area contributed by atoms with E-state index >= 15 is 0 Å². The fraction of sp³-hybridized carbons (Fsp3) is 0.938. The lowest BCUT2D eigenvalue weighted by molar-refractivity contribution is -0.870. The smallest absolute Gasteiger partial charge is 0.306 e. The number of nitrogens with zero attached hydrogens (tertiary/aromatic N) is 1. The van der Waals surface area contributed by atoms with E-state index in [0.717, 1.165) is 38.5 Å². The van der Waals surface area contributed by atoms with Gasteiger partial charge >= 0.3 is 11.9 Å². The second-order valence-electron chi connectivity index (χ2n) is 28.7. The molecule has 0 aliphatic carbocycles. The van der Waals surface area contributed by atoms with Crippen molar-refractivity contribution in [1.82, 2.24) is 0 Å². The van der Waals surface area contributed by atoms with Crippen LogP contribution in [0.2, 0.25) is 0 Å². The topological polar surface area (TPSA) is 111 Å². The van der Waals surface area contributed by atoms with Crippen LogP contribution in [0, 0.1) is 0 Å². The third-order valence-corrected chi connectivity index (χ3v) is 18.5. The van der Waals surface area contributed by atoms with Gasteiger partial charge < -0.3 is 33.3 Å². The number of esters is 2. The summed E-state index contributed by atoms with van der Waals surface area (Å²) in [6.07, 6.45) is 86.4. The van der Waals surface area contributed by atoms with Crippen molar-refractivity contribution in [2.24, 2.45) is 0 Å². The molecule has 2 atom stereocenters. The van der Waals surface area contributed by atoms with Crippen LogP contribution in [0.1, 0.15) is 425 Å². The minimum absolute atomic E-state index is 0.152. The number of unbranched alkanes of at least 4 members (excludes halogenated alkanes) is 59. The van der Waals surface area contributed by atoms with Gasteiger partial charge in [-0.2, -0.15) is 0 Å². The van der Waals surface area contributed by atoms with Crippen molar-refractivity contribution >= 4 is 17.9 Å². The Morgan fingerprint density at radius 3 is 0.831 bits per heavy atom. The van der Waals surface area contributed by atoms with Gasteiger partial charge in [0.2, 0.25) is 0 Å². The third kappa shape index (κ3) is 73.3. The van der Waals surface area contributed by atoms with Crippen molar-refractivity contribution < 1.29 is 42.9 Å². The molecule has 0 bridgehead atoms. The Morgan fingerprint density at radius 2 is 0.573 bits per heavy atom. The Labute approximate surface area is 555 Å². The van der Waals surface area contributed by atoms with Gasteiger partial charge in [-0.15, -0.1) is 0 Å². The molecule has 528 valence electrons. The normalized spacial score (nSPS) is 12.6. The summed E-state index contributed by atoms with van der Waals surface area (Å²) < 4.78 is 22.9. The van der Waals surface area contributed by atoms with Crippen LogP contribution in [0.15, 0.2) is 12.2 Å². The van der Waals surface area contributed by atoms with Gasteiger partial charge in [0.15, 0.2) is 12.4 Å². The first-order chi connectivity index (χ1) is 43.6. The number of rotatable bonds is 76. The maximum atomic E-state index is 12.9. The first-order valence-corrected chi connectivity index (χ1v) is 39.8. The molecule has 0 spiro atoms. The molecule has 0 aromatic heterocycles. The molecule has 0 aliphatic heterocycles. The van der Waals surface area contributed by atoms with E-state index in [0.29, 0.717) is 17.4 Å². The number of likely N-dealkylation sites (N-methyl/N-ethyl adjacent to an activating group) is 1. The van der Waals surface area contributed by atoms with Gasteiger partial charge in [-0.05, 0) is 38.5 Å². The zero-order chi connectivity index (χ0) is 64.7. The first-order valence-electron chi connectivity index (χ1n) is 39.8. The van der Waals surface area contributed by atoms with Crippen molar-refractivity contribution in [3.63, 3.8) is 0 Å². The molecule has 0 radical (unpaired) electrons. The molecule has 0 saturated carbocycles. The van der Waals surface area contributed by atoms with Crippen LogP contribution in [0.4, 0.5) is 0 Å². The van der Waals surface area contributed by atoms with E-state index < -0.39 is 24.3 Å². The highest BCUT2D eigenvalue weighted by molar-refractivity contribution is 5.70. The second kappa shape index (κ2) is 71.9. The highest BCUT2D eigenvalue weighted by Crippen LogP contribution is 2.20. The summed E-state index contributed by atoms with van der Waals surface area (Å²) in [5.41, 5.74) is 0. The molecular formula is C80H155NO8. The number of ether oxygens (including phenoxy) is 4. The Hall–Kier alpha value is -1.97. The van der Waals surface area contributed by atoms with Crippen LogP contribution in [0.5, 0.6) is 0 Å². The summed E-state index contributed by atoms with van der Waals surface area (Å²) in [6.45, 7) is 4.83. The highest BCUT2D eigenvalue weighted by Gasteiger charge is 2.22. The average Bonchev–Trinajstić information content (AvgIpc) is 3.64. The summed E-state index contributed by atoms with van der Waals surface area (Å²) in [4.78, 5) is 37.5. The minimum atomic E-state index is -1.62. The molecule has 0 N–H and O–H groups in total. The van der Waals surface area contributed by atoms with E-state index in [4.69, 9.17) is 18.9 Å². The standard InChI is InChI=1S/C80H155NO8/c1-6-8-10-12-14-16-18-20-22-24-26-28-30-31-32-33-34-35-36-37-38-39-40-41-42-43-44-45-46-47-49-50-52-54-56-58-60-62-64-66-68-70-77(82)87-74-76(75-88-80(79(84)85)86-73-72-81(3,4)5)89-78(83)71-69-67-65-63-61-59-57-55-53-51-48-29-27-25-23-21-19-17-15-13-11-9-7-2/h25,27,76,80H,6-24,26,28-75H2,1-5H3/b27-25-. The van der Waals surface area contributed by atoms with Crippen molar-refractivity contribution in [3.05, 3.63) is 12.2 Å². The average molecular weight is 1260 g/mol. The molecule has 0 heterocycles. The van der Waals surface area contributed by atoms with Gasteiger partial charge in [-0.1, -0.05) is 386 Å². The molecule has 9 heteroatoms.